The Morgan fingerprint density at radius 2 is 1.38 bits per heavy atom. The molecule has 0 unspecified atom stereocenters. The number of rotatable bonds is 10. The Kier molecular flexibility index (Phi) is 9.54. The molecule has 0 aliphatic heterocycles. The summed E-state index contributed by atoms with van der Waals surface area (Å²) in [6.07, 6.45) is 1.07. The van der Waals surface area contributed by atoms with Crippen molar-refractivity contribution < 1.29 is 33.4 Å². The van der Waals surface area contributed by atoms with Crippen LogP contribution in [0.4, 0.5) is 4.79 Å². The number of para-hydroxylation sites is 1. The predicted octanol–water partition coefficient (Wildman–Crippen LogP) is 5.81. The smallest absolute Gasteiger partial charge is 0.412 e. The van der Waals surface area contributed by atoms with Gasteiger partial charge in [-0.1, -0.05) is 78.9 Å². The lowest BCUT2D eigenvalue weighted by atomic mass is 10.1. The van der Waals surface area contributed by atoms with Crippen molar-refractivity contribution in [2.45, 2.75) is 46.1 Å². The molecule has 0 saturated heterocycles. The van der Waals surface area contributed by atoms with Gasteiger partial charge in [0, 0.05) is 16.5 Å². The summed E-state index contributed by atoms with van der Waals surface area (Å²) in [5, 5.41) is 3.06. The molecule has 1 aromatic heterocycles. The second-order valence-electron chi connectivity index (χ2n) is 10.4. The van der Waals surface area contributed by atoms with Gasteiger partial charge >= 0.3 is 18.0 Å². The predicted molar refractivity (Wildman–Crippen MR) is 157 cm³/mol. The van der Waals surface area contributed by atoms with E-state index in [-0.39, 0.29) is 31.1 Å². The molecule has 0 spiro atoms. The first kappa shape index (κ1) is 29.8. The van der Waals surface area contributed by atoms with E-state index < -0.39 is 23.6 Å². The van der Waals surface area contributed by atoms with Crippen molar-refractivity contribution in [2.24, 2.45) is 0 Å². The summed E-state index contributed by atoms with van der Waals surface area (Å²) in [6, 6.07) is 25.2. The van der Waals surface area contributed by atoms with Crippen LogP contribution in [0.5, 0.6) is 0 Å². The maximum atomic E-state index is 13.3. The fourth-order valence-corrected chi connectivity index (χ4v) is 4.26. The summed E-state index contributed by atoms with van der Waals surface area (Å²) < 4.78 is 17.8. The monoisotopic (exact) mass is 568 g/mol. The summed E-state index contributed by atoms with van der Waals surface area (Å²) in [4.78, 5) is 51.2. The van der Waals surface area contributed by atoms with Crippen LogP contribution in [0, 0.1) is 0 Å². The van der Waals surface area contributed by atoms with Crippen LogP contribution in [-0.4, -0.2) is 34.5 Å². The van der Waals surface area contributed by atoms with E-state index >= 15 is 0 Å². The number of ether oxygens (including phenoxy) is 3. The summed E-state index contributed by atoms with van der Waals surface area (Å²) in [6.45, 7) is 4.96. The van der Waals surface area contributed by atoms with E-state index in [0.717, 1.165) is 11.1 Å². The molecule has 1 heterocycles. The zero-order valence-corrected chi connectivity index (χ0v) is 23.7. The molecule has 0 atom stereocenters. The zero-order chi connectivity index (χ0) is 30.1. The van der Waals surface area contributed by atoms with E-state index in [1.807, 2.05) is 36.4 Å². The number of hydrogen-bond donors (Lipinski definition) is 1. The Hall–Kier alpha value is -5.18. The van der Waals surface area contributed by atoms with Crippen molar-refractivity contribution >= 4 is 41.3 Å². The minimum absolute atomic E-state index is 0.0200. The van der Waals surface area contributed by atoms with Crippen molar-refractivity contribution in [1.82, 2.24) is 9.88 Å². The van der Waals surface area contributed by atoms with Gasteiger partial charge in [-0.15, -0.1) is 0 Å². The number of hydrogen-bond acceptors (Lipinski definition) is 7. The Balaban J connectivity index is 1.69. The Labute approximate surface area is 243 Å². The summed E-state index contributed by atoms with van der Waals surface area (Å²) in [5.41, 5.74) is 1.56. The molecule has 0 bridgehead atoms. The molecule has 0 aliphatic rings. The Bertz CT molecular complexity index is 1600. The average Bonchev–Trinajstić information content (AvgIpc) is 3.26. The number of fused-ring (bicyclic) bond motifs is 1. The van der Waals surface area contributed by atoms with Crippen molar-refractivity contribution in [3.05, 3.63) is 113 Å². The van der Waals surface area contributed by atoms with Gasteiger partial charge < -0.3 is 18.8 Å². The minimum Gasteiger partial charge on any atom is -0.459 e. The van der Waals surface area contributed by atoms with Crippen LogP contribution in [0.1, 0.15) is 48.0 Å². The van der Waals surface area contributed by atoms with Gasteiger partial charge in [-0.25, -0.2) is 9.59 Å². The van der Waals surface area contributed by atoms with Crippen molar-refractivity contribution in [3.63, 3.8) is 0 Å². The first-order chi connectivity index (χ1) is 20.1. The quantitative estimate of drug-likeness (QED) is 0.111. The molecule has 0 saturated carbocycles. The fraction of sp³-hybridized carbons (Fsp3) is 0.212. The van der Waals surface area contributed by atoms with E-state index in [0.29, 0.717) is 22.8 Å². The lowest BCUT2D eigenvalue weighted by molar-refractivity contribution is -0.155. The van der Waals surface area contributed by atoms with Crippen LogP contribution in [0.2, 0.25) is 0 Å². The molecule has 0 radical (unpaired) electrons. The zero-order valence-electron chi connectivity index (χ0n) is 23.7. The molecule has 1 amide bonds. The van der Waals surface area contributed by atoms with Crippen LogP contribution >= 0.6 is 0 Å². The van der Waals surface area contributed by atoms with E-state index in [9.17, 15) is 19.2 Å². The molecule has 216 valence electrons. The molecule has 9 heteroatoms. The molecule has 42 heavy (non-hydrogen) atoms. The molecule has 3 aromatic carbocycles. The van der Waals surface area contributed by atoms with Crippen molar-refractivity contribution in [1.29, 1.82) is 0 Å². The molecule has 0 aliphatic carbocycles. The van der Waals surface area contributed by atoms with Gasteiger partial charge in [0.1, 0.15) is 31.1 Å². The van der Waals surface area contributed by atoms with Crippen LogP contribution in [0.25, 0.3) is 17.0 Å². The fourth-order valence-electron chi connectivity index (χ4n) is 4.26. The number of nitrogens with zero attached hydrogens (tertiary/aromatic N) is 1. The van der Waals surface area contributed by atoms with E-state index in [1.165, 1.54) is 10.6 Å². The summed E-state index contributed by atoms with van der Waals surface area (Å²) in [7, 11) is 0. The lowest BCUT2D eigenvalue weighted by Gasteiger charge is -2.20. The first-order valence-corrected chi connectivity index (χ1v) is 13.3. The highest BCUT2D eigenvalue weighted by molar-refractivity contribution is 6.04. The van der Waals surface area contributed by atoms with Gasteiger partial charge in [0.2, 0.25) is 0 Å². The minimum atomic E-state index is -0.882. The lowest BCUT2D eigenvalue weighted by Crippen LogP contribution is -2.29. The van der Waals surface area contributed by atoms with Gasteiger partial charge in [-0.3, -0.25) is 14.9 Å². The highest BCUT2D eigenvalue weighted by atomic mass is 16.6. The number of benzene rings is 3. The Morgan fingerprint density at radius 3 is 1.98 bits per heavy atom. The van der Waals surface area contributed by atoms with Gasteiger partial charge in [-0.05, 0) is 44.0 Å². The molecule has 4 rings (SSSR count). The highest BCUT2D eigenvalue weighted by Crippen LogP contribution is 2.28. The highest BCUT2D eigenvalue weighted by Gasteiger charge is 2.23. The molecule has 1 N–H and O–H groups in total. The number of nitrogens with one attached hydrogen (secondary N) is 1. The van der Waals surface area contributed by atoms with Gasteiger partial charge in [-0.2, -0.15) is 0 Å². The van der Waals surface area contributed by atoms with E-state index in [2.05, 4.69) is 5.32 Å². The van der Waals surface area contributed by atoms with Crippen molar-refractivity contribution in [3.8, 4) is 0 Å². The molecular weight excluding hydrogens is 536 g/mol. The van der Waals surface area contributed by atoms with Crippen LogP contribution in [0.15, 0.2) is 90.6 Å². The third-order valence-electron chi connectivity index (χ3n) is 6.04. The maximum absolute atomic E-state index is 13.3. The number of carbonyl (C=O) groups is 4. The van der Waals surface area contributed by atoms with Gasteiger partial charge in [0.25, 0.3) is 0 Å². The van der Waals surface area contributed by atoms with Crippen LogP contribution < -0.4 is 5.32 Å². The van der Waals surface area contributed by atoms with Crippen LogP contribution in [-0.2, 0) is 43.6 Å². The SMILES string of the molecule is CC(C)(C)OC(=O)Cn1c(C=O)c(/C=C(\NC(=O)OCc2ccccc2)C(=O)OCc2ccccc2)c2ccccc21. The Morgan fingerprint density at radius 1 is 0.810 bits per heavy atom. The summed E-state index contributed by atoms with van der Waals surface area (Å²) >= 11 is 0. The number of aromatic nitrogens is 1. The van der Waals surface area contributed by atoms with Gasteiger partial charge in [0.05, 0.1) is 5.69 Å². The normalized spacial score (nSPS) is 11.5. The standard InChI is InChI=1S/C33H32N2O7/c1-33(2,3)42-30(37)19-35-28-17-11-10-16-25(28)26(29(35)20-36)18-27(31(38)40-21-23-12-6-4-7-13-23)34-32(39)41-22-24-14-8-5-9-15-24/h4-18,20H,19,21-22H2,1-3H3,(H,34,39)/b27-18-. The first-order valence-electron chi connectivity index (χ1n) is 13.3. The van der Waals surface area contributed by atoms with E-state index in [1.54, 1.807) is 69.3 Å². The van der Waals surface area contributed by atoms with Crippen LogP contribution in [0.3, 0.4) is 0 Å². The van der Waals surface area contributed by atoms with E-state index in [4.69, 9.17) is 14.2 Å². The third kappa shape index (κ3) is 7.94. The number of amides is 1. The summed E-state index contributed by atoms with van der Waals surface area (Å²) in [5.74, 6) is -1.37. The third-order valence-corrected chi connectivity index (χ3v) is 6.04. The number of carbonyl (C=O) groups excluding carboxylic acids is 4. The molecule has 0 fully saturated rings. The topological polar surface area (TPSA) is 113 Å². The number of aldehydes is 1. The largest absolute Gasteiger partial charge is 0.459 e. The molecule has 4 aromatic rings. The molecular formula is C33H32N2O7. The molecule has 9 nitrogen and oxygen atoms in total. The van der Waals surface area contributed by atoms with Crippen molar-refractivity contribution in [2.75, 3.05) is 0 Å². The number of esters is 2. The maximum Gasteiger partial charge on any atom is 0.412 e. The second kappa shape index (κ2) is 13.5. The van der Waals surface area contributed by atoms with Gasteiger partial charge in [0.15, 0.2) is 6.29 Å². The number of alkyl carbamates (subject to hydrolysis) is 1. The average molecular weight is 569 g/mol. The second-order valence-corrected chi connectivity index (χ2v) is 10.4.